The van der Waals surface area contributed by atoms with Crippen molar-refractivity contribution in [2.75, 3.05) is 26.3 Å². The Morgan fingerprint density at radius 3 is 2.50 bits per heavy atom. The van der Waals surface area contributed by atoms with Gasteiger partial charge in [-0.15, -0.1) is 0 Å². The van der Waals surface area contributed by atoms with Crippen LogP contribution in [-0.4, -0.2) is 51.6 Å². The van der Waals surface area contributed by atoms with E-state index in [9.17, 15) is 13.2 Å². The highest BCUT2D eigenvalue weighted by Gasteiger charge is 2.42. The molecule has 26 heavy (non-hydrogen) atoms. The SMILES string of the molecule is O=C(C1=C(NC2CCCCC2)c2ccccc2S1(=O)=O)N1CCOCC1. The average Bonchev–Trinajstić information content (AvgIpc) is 2.90. The zero-order valence-electron chi connectivity index (χ0n) is 14.7. The fourth-order valence-corrected chi connectivity index (χ4v) is 5.73. The number of hydrogen-bond donors (Lipinski definition) is 1. The number of nitrogens with one attached hydrogen (secondary N) is 1. The topological polar surface area (TPSA) is 75.7 Å². The zero-order chi connectivity index (χ0) is 18.1. The van der Waals surface area contributed by atoms with Gasteiger partial charge in [0.1, 0.15) is 0 Å². The van der Waals surface area contributed by atoms with Gasteiger partial charge in [-0.25, -0.2) is 8.42 Å². The van der Waals surface area contributed by atoms with E-state index < -0.39 is 15.7 Å². The number of nitrogens with zero attached hydrogens (tertiary/aromatic N) is 1. The van der Waals surface area contributed by atoms with E-state index in [1.54, 1.807) is 23.1 Å². The van der Waals surface area contributed by atoms with Crippen molar-refractivity contribution in [3.63, 3.8) is 0 Å². The molecule has 1 saturated heterocycles. The molecule has 2 aliphatic heterocycles. The molecule has 7 heteroatoms. The average molecular weight is 376 g/mol. The monoisotopic (exact) mass is 376 g/mol. The van der Waals surface area contributed by atoms with Crippen LogP contribution in [0.3, 0.4) is 0 Å². The molecule has 0 aromatic heterocycles. The predicted molar refractivity (Wildman–Crippen MR) is 98.0 cm³/mol. The van der Waals surface area contributed by atoms with Crippen molar-refractivity contribution in [1.29, 1.82) is 0 Å². The van der Waals surface area contributed by atoms with Gasteiger partial charge in [-0.3, -0.25) is 4.79 Å². The fraction of sp³-hybridized carbons (Fsp3) is 0.526. The van der Waals surface area contributed by atoms with E-state index in [2.05, 4.69) is 5.32 Å². The second kappa shape index (κ2) is 7.04. The molecule has 1 aromatic carbocycles. The lowest BCUT2D eigenvalue weighted by atomic mass is 9.95. The minimum absolute atomic E-state index is 0.0915. The Labute approximate surface area is 154 Å². The lowest BCUT2D eigenvalue weighted by Gasteiger charge is -2.28. The molecular weight excluding hydrogens is 352 g/mol. The summed E-state index contributed by atoms with van der Waals surface area (Å²) in [7, 11) is -3.81. The third-order valence-electron chi connectivity index (χ3n) is 5.39. The summed E-state index contributed by atoms with van der Waals surface area (Å²) >= 11 is 0. The Balaban J connectivity index is 1.76. The van der Waals surface area contributed by atoms with Crippen molar-refractivity contribution in [3.05, 3.63) is 34.7 Å². The van der Waals surface area contributed by atoms with Gasteiger partial charge in [0.05, 0.1) is 23.8 Å². The van der Waals surface area contributed by atoms with Crippen molar-refractivity contribution in [3.8, 4) is 0 Å². The van der Waals surface area contributed by atoms with Crippen LogP contribution in [0, 0.1) is 0 Å². The number of carbonyl (C=O) groups is 1. The molecule has 3 aliphatic rings. The lowest BCUT2D eigenvalue weighted by Crippen LogP contribution is -2.43. The van der Waals surface area contributed by atoms with E-state index >= 15 is 0 Å². The standard InChI is InChI=1S/C19H24N2O4S/c22-19(21-10-12-25-13-11-21)18-17(20-14-6-2-1-3-7-14)15-8-4-5-9-16(15)26(18,23)24/h4-5,8-9,14,20H,1-3,6-7,10-13H2. The van der Waals surface area contributed by atoms with E-state index in [-0.39, 0.29) is 15.8 Å². The summed E-state index contributed by atoms with van der Waals surface area (Å²) < 4.78 is 31.6. The van der Waals surface area contributed by atoms with Crippen LogP contribution in [0.2, 0.25) is 0 Å². The van der Waals surface area contributed by atoms with Gasteiger partial charge in [0.15, 0.2) is 4.91 Å². The van der Waals surface area contributed by atoms with Crippen LogP contribution < -0.4 is 5.32 Å². The smallest absolute Gasteiger partial charge is 0.268 e. The van der Waals surface area contributed by atoms with Crippen LogP contribution in [0.4, 0.5) is 0 Å². The van der Waals surface area contributed by atoms with E-state index in [1.165, 1.54) is 6.42 Å². The van der Waals surface area contributed by atoms with Crippen LogP contribution in [-0.2, 0) is 19.4 Å². The van der Waals surface area contributed by atoms with Gasteiger partial charge >= 0.3 is 0 Å². The first kappa shape index (κ1) is 17.5. The maximum absolute atomic E-state index is 13.1. The van der Waals surface area contributed by atoms with Crippen molar-refractivity contribution >= 4 is 21.4 Å². The summed E-state index contributed by atoms with van der Waals surface area (Å²) in [4.78, 5) is 14.9. The van der Waals surface area contributed by atoms with Gasteiger partial charge in [0, 0.05) is 24.7 Å². The Bertz CT molecular complexity index is 835. The van der Waals surface area contributed by atoms with Crippen LogP contribution in [0.5, 0.6) is 0 Å². The molecule has 0 bridgehead atoms. The number of morpholine rings is 1. The molecule has 6 nitrogen and oxygen atoms in total. The van der Waals surface area contributed by atoms with Crippen LogP contribution in [0.15, 0.2) is 34.1 Å². The summed E-state index contributed by atoms with van der Waals surface area (Å²) in [5, 5.41) is 3.42. The van der Waals surface area contributed by atoms with E-state index in [4.69, 9.17) is 4.74 Å². The number of carbonyl (C=O) groups excluding carboxylic acids is 1. The highest BCUT2D eigenvalue weighted by molar-refractivity contribution is 7.97. The molecule has 1 aromatic rings. The Morgan fingerprint density at radius 1 is 1.08 bits per heavy atom. The number of fused-ring (bicyclic) bond motifs is 1. The van der Waals surface area contributed by atoms with E-state index in [0.717, 1.165) is 25.7 Å². The molecule has 140 valence electrons. The number of amides is 1. The number of ether oxygens (including phenoxy) is 1. The summed E-state index contributed by atoms with van der Waals surface area (Å²) in [6, 6.07) is 7.12. The van der Waals surface area contributed by atoms with Gasteiger partial charge in [-0.05, 0) is 18.9 Å². The normalized spacial score (nSPS) is 23.0. The molecule has 1 amide bonds. The van der Waals surface area contributed by atoms with Crippen LogP contribution in [0.25, 0.3) is 5.70 Å². The second-order valence-corrected chi connectivity index (χ2v) is 8.94. The Morgan fingerprint density at radius 2 is 1.77 bits per heavy atom. The lowest BCUT2D eigenvalue weighted by molar-refractivity contribution is -0.130. The highest BCUT2D eigenvalue weighted by Crippen LogP contribution is 2.39. The van der Waals surface area contributed by atoms with Crippen molar-refractivity contribution in [2.45, 2.75) is 43.0 Å². The first-order valence-corrected chi connectivity index (χ1v) is 10.8. The van der Waals surface area contributed by atoms with Gasteiger partial charge in [-0.1, -0.05) is 37.5 Å². The van der Waals surface area contributed by atoms with Crippen molar-refractivity contribution < 1.29 is 17.9 Å². The minimum Gasteiger partial charge on any atom is -0.381 e. The van der Waals surface area contributed by atoms with E-state index in [1.807, 2.05) is 6.07 Å². The third-order valence-corrected chi connectivity index (χ3v) is 7.24. The molecule has 0 atom stereocenters. The zero-order valence-corrected chi connectivity index (χ0v) is 15.6. The largest absolute Gasteiger partial charge is 0.381 e. The third kappa shape index (κ3) is 3.03. The minimum atomic E-state index is -3.81. The highest BCUT2D eigenvalue weighted by atomic mass is 32.2. The summed E-state index contributed by atoms with van der Waals surface area (Å²) in [6.07, 6.45) is 5.49. The summed E-state index contributed by atoms with van der Waals surface area (Å²) in [6.45, 7) is 1.73. The Hall–Kier alpha value is -1.86. The quantitative estimate of drug-likeness (QED) is 0.872. The molecule has 1 saturated carbocycles. The number of benzene rings is 1. The van der Waals surface area contributed by atoms with Crippen molar-refractivity contribution in [2.24, 2.45) is 0 Å². The molecular formula is C19H24N2O4S. The molecule has 1 aliphatic carbocycles. The van der Waals surface area contributed by atoms with Gasteiger partial charge in [0.25, 0.3) is 5.91 Å². The maximum atomic E-state index is 13.1. The van der Waals surface area contributed by atoms with Crippen LogP contribution >= 0.6 is 0 Å². The first-order valence-electron chi connectivity index (χ1n) is 9.31. The predicted octanol–water partition coefficient (Wildman–Crippen LogP) is 1.92. The fourth-order valence-electron chi connectivity index (χ4n) is 4.00. The molecule has 4 rings (SSSR count). The number of sulfone groups is 1. The first-order chi connectivity index (χ1) is 12.6. The summed E-state index contributed by atoms with van der Waals surface area (Å²) in [5.41, 5.74) is 1.11. The number of hydrogen-bond acceptors (Lipinski definition) is 5. The molecule has 0 unspecified atom stereocenters. The summed E-state index contributed by atoms with van der Waals surface area (Å²) in [5.74, 6) is -0.414. The molecule has 0 spiro atoms. The molecule has 0 radical (unpaired) electrons. The van der Waals surface area contributed by atoms with Gasteiger partial charge in [-0.2, -0.15) is 0 Å². The van der Waals surface area contributed by atoms with E-state index in [0.29, 0.717) is 37.6 Å². The van der Waals surface area contributed by atoms with Crippen LogP contribution in [0.1, 0.15) is 37.7 Å². The maximum Gasteiger partial charge on any atom is 0.268 e. The molecule has 2 fully saturated rings. The number of rotatable bonds is 3. The van der Waals surface area contributed by atoms with Gasteiger partial charge in [0.2, 0.25) is 9.84 Å². The molecule has 2 heterocycles. The molecule has 1 N–H and O–H groups in total. The van der Waals surface area contributed by atoms with Crippen molar-refractivity contribution in [1.82, 2.24) is 10.2 Å². The Kier molecular flexibility index (Phi) is 4.75. The second-order valence-electron chi connectivity index (χ2n) is 7.09. The van der Waals surface area contributed by atoms with Gasteiger partial charge < -0.3 is 15.0 Å².